The third-order valence-corrected chi connectivity index (χ3v) is 2.84. The Morgan fingerprint density at radius 2 is 2.11 bits per heavy atom. The van der Waals surface area contributed by atoms with Crippen LogP contribution in [0.15, 0.2) is 16.5 Å². The first-order valence-corrected chi connectivity index (χ1v) is 6.53. The van der Waals surface area contributed by atoms with Gasteiger partial charge in [0.1, 0.15) is 5.76 Å². The standard InChI is InChI=1S/C14H23NO4/c1-9(2)7-11(16)8-15-10(3)12-5-6-13(19-12)14(17)18-4/h5-6,9-11,15-16H,7-8H2,1-4H3. The topological polar surface area (TPSA) is 71.7 Å². The van der Waals surface area contributed by atoms with Gasteiger partial charge in [-0.05, 0) is 31.4 Å². The fraction of sp³-hybridized carbons (Fsp3) is 0.643. The Morgan fingerprint density at radius 1 is 1.42 bits per heavy atom. The number of hydrogen-bond acceptors (Lipinski definition) is 5. The summed E-state index contributed by atoms with van der Waals surface area (Å²) in [6, 6.07) is 3.25. The van der Waals surface area contributed by atoms with Crippen LogP contribution in [0, 0.1) is 5.92 Å². The SMILES string of the molecule is COC(=O)c1ccc(C(C)NCC(O)CC(C)C)o1. The van der Waals surface area contributed by atoms with Crippen molar-refractivity contribution in [3.05, 3.63) is 23.7 Å². The number of methoxy groups -OCH3 is 1. The van der Waals surface area contributed by atoms with Crippen LogP contribution in [-0.4, -0.2) is 30.8 Å². The zero-order valence-corrected chi connectivity index (χ0v) is 12.0. The Kier molecular flexibility index (Phi) is 6.05. The predicted molar refractivity (Wildman–Crippen MR) is 71.9 cm³/mol. The molecule has 0 spiro atoms. The molecule has 0 saturated carbocycles. The van der Waals surface area contributed by atoms with Crippen LogP contribution < -0.4 is 5.32 Å². The molecule has 2 unspecified atom stereocenters. The average molecular weight is 269 g/mol. The fourth-order valence-electron chi connectivity index (χ4n) is 1.84. The fourth-order valence-corrected chi connectivity index (χ4v) is 1.84. The van der Waals surface area contributed by atoms with Gasteiger partial charge in [0, 0.05) is 6.54 Å². The van der Waals surface area contributed by atoms with Crippen LogP contribution in [0.5, 0.6) is 0 Å². The van der Waals surface area contributed by atoms with Gasteiger partial charge in [0.25, 0.3) is 0 Å². The van der Waals surface area contributed by atoms with E-state index in [2.05, 4.69) is 23.9 Å². The van der Waals surface area contributed by atoms with E-state index in [1.807, 2.05) is 6.92 Å². The van der Waals surface area contributed by atoms with Crippen LogP contribution in [0.4, 0.5) is 0 Å². The van der Waals surface area contributed by atoms with E-state index >= 15 is 0 Å². The van der Waals surface area contributed by atoms with Crippen molar-refractivity contribution >= 4 is 5.97 Å². The maximum atomic E-state index is 11.3. The predicted octanol–water partition coefficient (Wildman–Crippen LogP) is 2.12. The zero-order valence-electron chi connectivity index (χ0n) is 12.0. The number of aliphatic hydroxyl groups excluding tert-OH is 1. The van der Waals surface area contributed by atoms with Crippen LogP contribution in [0.3, 0.4) is 0 Å². The lowest BCUT2D eigenvalue weighted by atomic mass is 10.1. The molecule has 0 aliphatic heterocycles. The minimum atomic E-state index is -0.488. The Morgan fingerprint density at radius 3 is 2.68 bits per heavy atom. The van der Waals surface area contributed by atoms with E-state index in [4.69, 9.17) is 4.42 Å². The highest BCUT2D eigenvalue weighted by Crippen LogP contribution is 2.17. The van der Waals surface area contributed by atoms with Crippen molar-refractivity contribution in [2.24, 2.45) is 5.92 Å². The van der Waals surface area contributed by atoms with Gasteiger partial charge in [0.2, 0.25) is 5.76 Å². The van der Waals surface area contributed by atoms with Gasteiger partial charge in [0.05, 0.1) is 19.3 Å². The lowest BCUT2D eigenvalue weighted by molar-refractivity contribution is 0.0561. The monoisotopic (exact) mass is 269 g/mol. The molecule has 5 heteroatoms. The number of aliphatic hydroxyl groups is 1. The summed E-state index contributed by atoms with van der Waals surface area (Å²) in [6.07, 6.45) is 0.378. The molecule has 2 N–H and O–H groups in total. The number of carbonyl (C=O) groups is 1. The van der Waals surface area contributed by atoms with Gasteiger partial charge in [0.15, 0.2) is 0 Å². The van der Waals surface area contributed by atoms with E-state index in [1.165, 1.54) is 7.11 Å². The Hall–Kier alpha value is -1.33. The molecule has 1 heterocycles. The molecule has 1 aromatic rings. The quantitative estimate of drug-likeness (QED) is 0.742. The minimum absolute atomic E-state index is 0.0692. The molecule has 0 radical (unpaired) electrons. The maximum absolute atomic E-state index is 11.3. The maximum Gasteiger partial charge on any atom is 0.373 e. The molecule has 5 nitrogen and oxygen atoms in total. The summed E-state index contributed by atoms with van der Waals surface area (Å²) in [6.45, 7) is 6.55. The van der Waals surface area contributed by atoms with Gasteiger partial charge in [-0.2, -0.15) is 0 Å². The van der Waals surface area contributed by atoms with E-state index in [-0.39, 0.29) is 17.9 Å². The molecule has 0 fully saturated rings. The van der Waals surface area contributed by atoms with Gasteiger partial charge >= 0.3 is 5.97 Å². The smallest absolute Gasteiger partial charge is 0.373 e. The zero-order chi connectivity index (χ0) is 14.4. The molecule has 0 amide bonds. The summed E-state index contributed by atoms with van der Waals surface area (Å²) < 4.78 is 9.97. The highest BCUT2D eigenvalue weighted by Gasteiger charge is 2.16. The van der Waals surface area contributed by atoms with Gasteiger partial charge in [-0.1, -0.05) is 13.8 Å². The molecular weight excluding hydrogens is 246 g/mol. The normalized spacial score (nSPS) is 14.4. The lowest BCUT2D eigenvalue weighted by Crippen LogP contribution is -2.29. The van der Waals surface area contributed by atoms with Gasteiger partial charge in [-0.25, -0.2) is 4.79 Å². The molecule has 0 aliphatic rings. The molecule has 0 aliphatic carbocycles. The van der Waals surface area contributed by atoms with Crippen LogP contribution in [0.1, 0.15) is 49.5 Å². The molecule has 1 rings (SSSR count). The molecule has 0 saturated heterocycles. The molecule has 0 bridgehead atoms. The third kappa shape index (κ3) is 5.04. The van der Waals surface area contributed by atoms with E-state index in [9.17, 15) is 9.90 Å². The van der Waals surface area contributed by atoms with Gasteiger partial charge in [-0.15, -0.1) is 0 Å². The minimum Gasteiger partial charge on any atom is -0.463 e. The number of carbonyl (C=O) groups excluding carboxylic acids is 1. The molecule has 2 atom stereocenters. The summed E-state index contributed by atoms with van der Waals surface area (Å²) in [5.41, 5.74) is 0. The number of hydrogen-bond donors (Lipinski definition) is 2. The van der Waals surface area contributed by atoms with E-state index < -0.39 is 5.97 Å². The summed E-state index contributed by atoms with van der Waals surface area (Å²) in [4.78, 5) is 11.3. The molecule has 108 valence electrons. The Labute approximate surface area is 113 Å². The molecule has 1 aromatic heterocycles. The highest BCUT2D eigenvalue weighted by molar-refractivity contribution is 5.86. The first-order valence-electron chi connectivity index (χ1n) is 6.53. The van der Waals surface area contributed by atoms with E-state index in [1.54, 1.807) is 12.1 Å². The summed E-state index contributed by atoms with van der Waals surface area (Å²) in [5, 5.41) is 13.0. The number of esters is 1. The van der Waals surface area contributed by atoms with Crippen molar-refractivity contribution in [3.63, 3.8) is 0 Å². The third-order valence-electron chi connectivity index (χ3n) is 2.84. The Bertz CT molecular complexity index is 400. The summed E-state index contributed by atoms with van der Waals surface area (Å²) in [7, 11) is 1.31. The van der Waals surface area contributed by atoms with Crippen LogP contribution in [0.25, 0.3) is 0 Å². The first-order chi connectivity index (χ1) is 8.93. The van der Waals surface area contributed by atoms with Crippen molar-refractivity contribution in [2.75, 3.05) is 13.7 Å². The van der Waals surface area contributed by atoms with E-state index in [0.29, 0.717) is 18.2 Å². The number of ether oxygens (including phenoxy) is 1. The molecular formula is C14H23NO4. The second-order valence-corrected chi connectivity index (χ2v) is 5.11. The summed E-state index contributed by atoms with van der Waals surface area (Å²) in [5.74, 6) is 0.811. The second kappa shape index (κ2) is 7.31. The summed E-state index contributed by atoms with van der Waals surface area (Å²) >= 11 is 0. The number of furan rings is 1. The van der Waals surface area contributed by atoms with Crippen LogP contribution >= 0.6 is 0 Å². The number of rotatable bonds is 7. The van der Waals surface area contributed by atoms with Crippen molar-refractivity contribution in [3.8, 4) is 0 Å². The molecule has 0 aromatic carbocycles. The highest BCUT2D eigenvalue weighted by atomic mass is 16.5. The van der Waals surface area contributed by atoms with Gasteiger partial charge < -0.3 is 19.6 Å². The van der Waals surface area contributed by atoms with Crippen LogP contribution in [-0.2, 0) is 4.74 Å². The largest absolute Gasteiger partial charge is 0.463 e. The van der Waals surface area contributed by atoms with E-state index in [0.717, 1.165) is 6.42 Å². The van der Waals surface area contributed by atoms with Crippen molar-refractivity contribution < 1.29 is 19.1 Å². The van der Waals surface area contributed by atoms with Crippen molar-refractivity contribution in [1.82, 2.24) is 5.32 Å². The molecule has 19 heavy (non-hydrogen) atoms. The first kappa shape index (κ1) is 15.7. The van der Waals surface area contributed by atoms with Crippen molar-refractivity contribution in [2.45, 2.75) is 39.3 Å². The second-order valence-electron chi connectivity index (χ2n) is 5.11. The van der Waals surface area contributed by atoms with Crippen molar-refractivity contribution in [1.29, 1.82) is 0 Å². The number of nitrogens with one attached hydrogen (secondary N) is 1. The van der Waals surface area contributed by atoms with Crippen LogP contribution in [0.2, 0.25) is 0 Å². The Balaban J connectivity index is 2.47. The van der Waals surface area contributed by atoms with Gasteiger partial charge in [-0.3, -0.25) is 0 Å². The average Bonchev–Trinajstić information content (AvgIpc) is 2.83. The lowest BCUT2D eigenvalue weighted by Gasteiger charge is -2.17.